The lowest BCUT2D eigenvalue weighted by molar-refractivity contribution is -0.384. The SMILES string of the molecule is Cc1cncc(C(=O)NN(C(=O)c2ccc([N+](=O)[O-])cc2)C(C)(C)C)c1. The zero-order valence-electron chi connectivity index (χ0n) is 15.0. The van der Waals surface area contributed by atoms with E-state index in [0.29, 0.717) is 5.56 Å². The van der Waals surface area contributed by atoms with Gasteiger partial charge < -0.3 is 0 Å². The number of carbonyl (C=O) groups excluding carboxylic acids is 2. The second kappa shape index (κ2) is 7.30. The third-order valence-corrected chi connectivity index (χ3v) is 3.55. The number of pyridine rings is 1. The number of hydrazine groups is 1. The first-order chi connectivity index (χ1) is 12.1. The Hall–Kier alpha value is -3.29. The quantitative estimate of drug-likeness (QED) is 0.672. The van der Waals surface area contributed by atoms with E-state index in [4.69, 9.17) is 0 Å². The fourth-order valence-electron chi connectivity index (χ4n) is 2.22. The van der Waals surface area contributed by atoms with Crippen molar-refractivity contribution in [3.8, 4) is 0 Å². The summed E-state index contributed by atoms with van der Waals surface area (Å²) in [6.07, 6.45) is 3.04. The van der Waals surface area contributed by atoms with Crippen molar-refractivity contribution in [2.75, 3.05) is 0 Å². The number of non-ortho nitro benzene ring substituents is 1. The molecule has 2 amide bonds. The third kappa shape index (κ3) is 4.41. The predicted octanol–water partition coefficient (Wildman–Crippen LogP) is 2.88. The van der Waals surface area contributed by atoms with Crippen LogP contribution in [0.1, 0.15) is 47.1 Å². The summed E-state index contributed by atoms with van der Waals surface area (Å²) < 4.78 is 0. The summed E-state index contributed by atoms with van der Waals surface area (Å²) in [6.45, 7) is 7.12. The monoisotopic (exact) mass is 356 g/mol. The molecule has 0 aliphatic carbocycles. The van der Waals surface area contributed by atoms with E-state index in [9.17, 15) is 19.7 Å². The lowest BCUT2D eigenvalue weighted by Crippen LogP contribution is -2.55. The van der Waals surface area contributed by atoms with Crippen LogP contribution in [0.3, 0.4) is 0 Å². The molecule has 26 heavy (non-hydrogen) atoms. The molecule has 0 unspecified atom stereocenters. The molecule has 0 aliphatic rings. The minimum Gasteiger partial charge on any atom is -0.267 e. The largest absolute Gasteiger partial charge is 0.272 e. The molecule has 0 aliphatic heterocycles. The van der Waals surface area contributed by atoms with Crippen molar-refractivity contribution in [2.45, 2.75) is 33.2 Å². The molecule has 1 aromatic carbocycles. The molecule has 0 saturated carbocycles. The van der Waals surface area contributed by atoms with Crippen molar-refractivity contribution in [2.24, 2.45) is 0 Å². The molecule has 0 saturated heterocycles. The molecule has 1 heterocycles. The zero-order chi connectivity index (χ0) is 19.5. The van der Waals surface area contributed by atoms with Gasteiger partial charge in [-0.1, -0.05) is 0 Å². The smallest absolute Gasteiger partial charge is 0.267 e. The van der Waals surface area contributed by atoms with E-state index in [-0.39, 0.29) is 11.3 Å². The number of carbonyl (C=O) groups is 2. The Bertz CT molecular complexity index is 841. The van der Waals surface area contributed by atoms with Gasteiger partial charge in [-0.2, -0.15) is 0 Å². The average Bonchev–Trinajstić information content (AvgIpc) is 2.58. The Morgan fingerprint density at radius 1 is 1.12 bits per heavy atom. The molecule has 0 spiro atoms. The molecule has 8 nitrogen and oxygen atoms in total. The van der Waals surface area contributed by atoms with Crippen LogP contribution < -0.4 is 5.43 Å². The van der Waals surface area contributed by atoms with Gasteiger partial charge in [0.05, 0.1) is 16.0 Å². The second-order valence-corrected chi connectivity index (χ2v) is 6.81. The third-order valence-electron chi connectivity index (χ3n) is 3.55. The maximum atomic E-state index is 12.8. The number of nitrogens with one attached hydrogen (secondary N) is 1. The second-order valence-electron chi connectivity index (χ2n) is 6.81. The zero-order valence-corrected chi connectivity index (χ0v) is 15.0. The Morgan fingerprint density at radius 2 is 1.73 bits per heavy atom. The van der Waals surface area contributed by atoms with Crippen molar-refractivity contribution >= 4 is 17.5 Å². The summed E-state index contributed by atoms with van der Waals surface area (Å²) in [4.78, 5) is 39.5. The Kier molecular flexibility index (Phi) is 5.35. The first-order valence-electron chi connectivity index (χ1n) is 7.91. The minimum absolute atomic E-state index is 0.112. The van der Waals surface area contributed by atoms with E-state index >= 15 is 0 Å². The van der Waals surface area contributed by atoms with Crippen molar-refractivity contribution in [3.63, 3.8) is 0 Å². The van der Waals surface area contributed by atoms with E-state index in [2.05, 4.69) is 10.4 Å². The molecule has 0 radical (unpaired) electrons. The van der Waals surface area contributed by atoms with Crippen LogP contribution in [-0.2, 0) is 0 Å². The molecular weight excluding hydrogens is 336 g/mol. The molecule has 136 valence electrons. The number of nitrogens with zero attached hydrogens (tertiary/aromatic N) is 3. The summed E-state index contributed by atoms with van der Waals surface area (Å²) in [5, 5.41) is 12.0. The highest BCUT2D eigenvalue weighted by atomic mass is 16.6. The highest BCUT2D eigenvalue weighted by Crippen LogP contribution is 2.18. The van der Waals surface area contributed by atoms with Gasteiger partial charge in [0.15, 0.2) is 0 Å². The van der Waals surface area contributed by atoms with Crippen LogP contribution in [0.25, 0.3) is 0 Å². The molecule has 8 heteroatoms. The first kappa shape index (κ1) is 19.0. The normalized spacial score (nSPS) is 10.9. The Morgan fingerprint density at radius 3 is 2.23 bits per heavy atom. The van der Waals surface area contributed by atoms with Gasteiger partial charge in [0, 0.05) is 30.1 Å². The summed E-state index contributed by atoms with van der Waals surface area (Å²) in [5.74, 6) is -0.937. The van der Waals surface area contributed by atoms with Crippen molar-refractivity contribution < 1.29 is 14.5 Å². The molecule has 0 atom stereocenters. The minimum atomic E-state index is -0.716. The molecule has 2 rings (SSSR count). The number of benzene rings is 1. The van der Waals surface area contributed by atoms with E-state index in [1.54, 1.807) is 33.0 Å². The van der Waals surface area contributed by atoms with Gasteiger partial charge in [0.1, 0.15) is 0 Å². The summed E-state index contributed by atoms with van der Waals surface area (Å²) >= 11 is 0. The van der Waals surface area contributed by atoms with Gasteiger partial charge in [-0.15, -0.1) is 0 Å². The summed E-state index contributed by atoms with van der Waals surface area (Å²) in [7, 11) is 0. The number of nitro benzene ring substituents is 1. The van der Waals surface area contributed by atoms with Crippen molar-refractivity contribution in [1.82, 2.24) is 15.4 Å². The first-order valence-corrected chi connectivity index (χ1v) is 7.91. The number of hydrogen-bond acceptors (Lipinski definition) is 5. The Labute approximate surface area is 151 Å². The molecule has 0 fully saturated rings. The van der Waals surface area contributed by atoms with E-state index in [1.165, 1.54) is 35.5 Å². The van der Waals surface area contributed by atoms with Crippen LogP contribution in [0.5, 0.6) is 0 Å². The van der Waals surface area contributed by atoms with Crippen LogP contribution in [0, 0.1) is 17.0 Å². The van der Waals surface area contributed by atoms with Gasteiger partial charge in [-0.25, -0.2) is 5.01 Å². The number of amides is 2. The predicted molar refractivity (Wildman–Crippen MR) is 95.5 cm³/mol. The maximum absolute atomic E-state index is 12.8. The van der Waals surface area contributed by atoms with Crippen LogP contribution in [0.2, 0.25) is 0 Å². The van der Waals surface area contributed by atoms with E-state index < -0.39 is 22.3 Å². The highest BCUT2D eigenvalue weighted by molar-refractivity contribution is 5.99. The molecular formula is C18H20N4O4. The number of aryl methyl sites for hydroxylation is 1. The van der Waals surface area contributed by atoms with Gasteiger partial charge in [0.2, 0.25) is 0 Å². The number of rotatable bonds is 3. The van der Waals surface area contributed by atoms with E-state index in [1.807, 2.05) is 6.92 Å². The topological polar surface area (TPSA) is 105 Å². The average molecular weight is 356 g/mol. The molecule has 1 N–H and O–H groups in total. The lowest BCUT2D eigenvalue weighted by Gasteiger charge is -2.35. The van der Waals surface area contributed by atoms with Crippen LogP contribution >= 0.6 is 0 Å². The van der Waals surface area contributed by atoms with Crippen LogP contribution in [0.4, 0.5) is 5.69 Å². The molecule has 2 aromatic rings. The van der Waals surface area contributed by atoms with Gasteiger partial charge in [-0.05, 0) is 51.5 Å². The van der Waals surface area contributed by atoms with Crippen LogP contribution in [0.15, 0.2) is 42.7 Å². The van der Waals surface area contributed by atoms with Gasteiger partial charge >= 0.3 is 0 Å². The highest BCUT2D eigenvalue weighted by Gasteiger charge is 2.30. The molecule has 0 bridgehead atoms. The van der Waals surface area contributed by atoms with Crippen molar-refractivity contribution in [1.29, 1.82) is 0 Å². The number of nitro groups is 1. The van der Waals surface area contributed by atoms with Gasteiger partial charge in [-0.3, -0.25) is 30.1 Å². The van der Waals surface area contributed by atoms with Crippen molar-refractivity contribution in [3.05, 3.63) is 69.5 Å². The Balaban J connectivity index is 2.28. The van der Waals surface area contributed by atoms with Gasteiger partial charge in [0.25, 0.3) is 17.5 Å². The number of aromatic nitrogens is 1. The van der Waals surface area contributed by atoms with Crippen LogP contribution in [-0.4, -0.2) is 32.3 Å². The fraction of sp³-hybridized carbons (Fsp3) is 0.278. The fourth-order valence-corrected chi connectivity index (χ4v) is 2.22. The van der Waals surface area contributed by atoms with E-state index in [0.717, 1.165) is 5.56 Å². The molecule has 1 aromatic heterocycles. The maximum Gasteiger partial charge on any atom is 0.272 e. The standard InChI is InChI=1S/C18H20N4O4/c1-12-9-14(11-19-10-12)16(23)20-21(18(2,3)4)17(24)13-5-7-15(8-6-13)22(25)26/h5-11H,1-4H3,(H,20,23). The number of hydrogen-bond donors (Lipinski definition) is 1. The lowest BCUT2D eigenvalue weighted by atomic mass is 10.1. The summed E-state index contributed by atoms with van der Waals surface area (Å²) in [5.41, 5.74) is 3.16. The summed E-state index contributed by atoms with van der Waals surface area (Å²) in [6, 6.07) is 6.89.